The van der Waals surface area contributed by atoms with E-state index in [2.05, 4.69) is 19.2 Å². The summed E-state index contributed by atoms with van der Waals surface area (Å²) in [6, 6.07) is 5.40. The molecule has 0 aromatic heterocycles. The van der Waals surface area contributed by atoms with Crippen molar-refractivity contribution in [2.24, 2.45) is 5.92 Å². The molecule has 2 rings (SSSR count). The SMILES string of the molecule is CCCNC(c1ccc(OC)c(F)c1)C1CCOC1CC. The third-order valence-electron chi connectivity index (χ3n) is 4.24. The first-order valence-corrected chi connectivity index (χ1v) is 7.89. The van der Waals surface area contributed by atoms with Crippen LogP contribution in [0.4, 0.5) is 4.39 Å². The molecule has 21 heavy (non-hydrogen) atoms. The largest absolute Gasteiger partial charge is 0.494 e. The Labute approximate surface area is 126 Å². The Balaban J connectivity index is 2.24. The molecular formula is C17H26FNO2. The fourth-order valence-electron chi connectivity index (χ4n) is 3.16. The zero-order valence-electron chi connectivity index (χ0n) is 13.2. The van der Waals surface area contributed by atoms with Gasteiger partial charge in [0.25, 0.3) is 0 Å². The highest BCUT2D eigenvalue weighted by Gasteiger charge is 2.34. The van der Waals surface area contributed by atoms with Crippen LogP contribution >= 0.6 is 0 Å². The van der Waals surface area contributed by atoms with Crippen LogP contribution in [0.25, 0.3) is 0 Å². The Morgan fingerprint density at radius 2 is 2.24 bits per heavy atom. The predicted octanol–water partition coefficient (Wildman–Crippen LogP) is 3.69. The van der Waals surface area contributed by atoms with Gasteiger partial charge in [0.1, 0.15) is 0 Å². The van der Waals surface area contributed by atoms with Crippen molar-refractivity contribution < 1.29 is 13.9 Å². The van der Waals surface area contributed by atoms with Gasteiger partial charge < -0.3 is 14.8 Å². The van der Waals surface area contributed by atoms with Gasteiger partial charge in [-0.25, -0.2) is 4.39 Å². The van der Waals surface area contributed by atoms with Gasteiger partial charge in [-0.2, -0.15) is 0 Å². The van der Waals surface area contributed by atoms with E-state index in [1.165, 1.54) is 7.11 Å². The number of methoxy groups -OCH3 is 1. The van der Waals surface area contributed by atoms with Crippen LogP contribution in [-0.2, 0) is 4.74 Å². The summed E-state index contributed by atoms with van der Waals surface area (Å²) in [5.41, 5.74) is 0.982. The quantitative estimate of drug-likeness (QED) is 0.832. The lowest BCUT2D eigenvalue weighted by molar-refractivity contribution is 0.0773. The van der Waals surface area contributed by atoms with E-state index >= 15 is 0 Å². The molecule has 0 aliphatic carbocycles. The Morgan fingerprint density at radius 1 is 1.43 bits per heavy atom. The summed E-state index contributed by atoms with van der Waals surface area (Å²) in [6.07, 6.45) is 3.32. The maximum atomic E-state index is 14.0. The third kappa shape index (κ3) is 3.74. The van der Waals surface area contributed by atoms with Crippen LogP contribution in [0.1, 0.15) is 44.7 Å². The summed E-state index contributed by atoms with van der Waals surface area (Å²) >= 11 is 0. The summed E-state index contributed by atoms with van der Waals surface area (Å²) in [6.45, 7) is 6.01. The van der Waals surface area contributed by atoms with Crippen LogP contribution < -0.4 is 10.1 Å². The number of rotatable bonds is 7. The lowest BCUT2D eigenvalue weighted by Crippen LogP contribution is -2.33. The summed E-state index contributed by atoms with van der Waals surface area (Å²) in [4.78, 5) is 0. The normalized spacial score (nSPS) is 23.2. The molecular weight excluding hydrogens is 269 g/mol. The van der Waals surface area contributed by atoms with E-state index in [-0.39, 0.29) is 18.0 Å². The molecule has 3 nitrogen and oxygen atoms in total. The molecule has 0 bridgehead atoms. The van der Waals surface area contributed by atoms with Gasteiger partial charge in [0.05, 0.1) is 13.2 Å². The van der Waals surface area contributed by atoms with Gasteiger partial charge in [0.2, 0.25) is 0 Å². The topological polar surface area (TPSA) is 30.5 Å². The van der Waals surface area contributed by atoms with Crippen molar-refractivity contribution in [2.75, 3.05) is 20.3 Å². The fourth-order valence-corrected chi connectivity index (χ4v) is 3.16. The average Bonchev–Trinajstić information content (AvgIpc) is 2.96. The standard InChI is InChI=1S/C17H26FNO2/c1-4-9-19-17(13-8-10-21-15(13)5-2)12-6-7-16(20-3)14(18)11-12/h6-7,11,13,15,17,19H,4-5,8-10H2,1-3H3. The predicted molar refractivity (Wildman–Crippen MR) is 82.1 cm³/mol. The van der Waals surface area contributed by atoms with Crippen LogP contribution in [0.2, 0.25) is 0 Å². The van der Waals surface area contributed by atoms with Crippen molar-refractivity contribution in [1.29, 1.82) is 0 Å². The zero-order chi connectivity index (χ0) is 15.2. The molecule has 0 spiro atoms. The summed E-state index contributed by atoms with van der Waals surface area (Å²) in [7, 11) is 1.49. The van der Waals surface area contributed by atoms with Crippen molar-refractivity contribution in [2.45, 2.75) is 45.3 Å². The average molecular weight is 295 g/mol. The minimum atomic E-state index is -0.301. The van der Waals surface area contributed by atoms with E-state index in [1.807, 2.05) is 6.07 Å². The number of ether oxygens (including phenoxy) is 2. The van der Waals surface area contributed by atoms with E-state index in [4.69, 9.17) is 9.47 Å². The Hall–Kier alpha value is -1.13. The molecule has 1 aromatic carbocycles. The Bertz CT molecular complexity index is 452. The summed E-state index contributed by atoms with van der Waals surface area (Å²) < 4.78 is 24.8. The molecule has 3 unspecified atom stereocenters. The number of benzene rings is 1. The van der Waals surface area contributed by atoms with Gasteiger partial charge in [0.15, 0.2) is 11.6 Å². The highest BCUT2D eigenvalue weighted by atomic mass is 19.1. The molecule has 1 aromatic rings. The molecule has 1 aliphatic heterocycles. The maximum absolute atomic E-state index is 14.0. The van der Waals surface area contributed by atoms with Crippen molar-refractivity contribution >= 4 is 0 Å². The van der Waals surface area contributed by atoms with Crippen molar-refractivity contribution in [1.82, 2.24) is 5.32 Å². The van der Waals surface area contributed by atoms with E-state index in [0.717, 1.165) is 38.0 Å². The molecule has 1 fully saturated rings. The minimum absolute atomic E-state index is 0.137. The molecule has 0 amide bonds. The minimum Gasteiger partial charge on any atom is -0.494 e. The molecule has 1 saturated heterocycles. The second-order valence-electron chi connectivity index (χ2n) is 5.60. The molecule has 1 heterocycles. The highest BCUT2D eigenvalue weighted by Crippen LogP contribution is 2.36. The fraction of sp³-hybridized carbons (Fsp3) is 0.647. The van der Waals surface area contributed by atoms with E-state index in [9.17, 15) is 4.39 Å². The Morgan fingerprint density at radius 3 is 2.86 bits per heavy atom. The van der Waals surface area contributed by atoms with Gasteiger partial charge in [-0.05, 0) is 43.5 Å². The van der Waals surface area contributed by atoms with Crippen LogP contribution in [0.5, 0.6) is 5.75 Å². The van der Waals surface area contributed by atoms with Gasteiger partial charge in [-0.15, -0.1) is 0 Å². The van der Waals surface area contributed by atoms with Gasteiger partial charge in [-0.3, -0.25) is 0 Å². The van der Waals surface area contributed by atoms with Gasteiger partial charge in [-0.1, -0.05) is 19.9 Å². The van der Waals surface area contributed by atoms with Crippen molar-refractivity contribution in [3.8, 4) is 5.75 Å². The second-order valence-corrected chi connectivity index (χ2v) is 5.60. The van der Waals surface area contributed by atoms with Crippen LogP contribution in [0.3, 0.4) is 0 Å². The zero-order valence-corrected chi connectivity index (χ0v) is 13.2. The van der Waals surface area contributed by atoms with Gasteiger partial charge in [0, 0.05) is 18.6 Å². The Kier molecular flexibility index (Phi) is 6.00. The third-order valence-corrected chi connectivity index (χ3v) is 4.24. The first kappa shape index (κ1) is 16.2. The molecule has 0 radical (unpaired) electrons. The number of halogens is 1. The summed E-state index contributed by atoms with van der Waals surface area (Å²) in [5, 5.41) is 3.57. The molecule has 4 heteroatoms. The lowest BCUT2D eigenvalue weighted by atomic mass is 9.86. The van der Waals surface area contributed by atoms with E-state index in [1.54, 1.807) is 12.1 Å². The molecule has 0 saturated carbocycles. The van der Waals surface area contributed by atoms with E-state index < -0.39 is 0 Å². The number of hydrogen-bond donors (Lipinski definition) is 1. The van der Waals surface area contributed by atoms with Crippen molar-refractivity contribution in [3.05, 3.63) is 29.6 Å². The smallest absolute Gasteiger partial charge is 0.165 e. The van der Waals surface area contributed by atoms with Crippen molar-refractivity contribution in [3.63, 3.8) is 0 Å². The first-order chi connectivity index (χ1) is 10.2. The monoisotopic (exact) mass is 295 g/mol. The number of nitrogens with one attached hydrogen (secondary N) is 1. The van der Waals surface area contributed by atoms with Crippen LogP contribution in [0.15, 0.2) is 18.2 Å². The van der Waals surface area contributed by atoms with Crippen LogP contribution in [-0.4, -0.2) is 26.4 Å². The highest BCUT2D eigenvalue weighted by molar-refractivity contribution is 5.31. The maximum Gasteiger partial charge on any atom is 0.165 e. The molecule has 1 aliphatic rings. The summed E-state index contributed by atoms with van der Waals surface area (Å²) in [5.74, 6) is 0.391. The molecule has 1 N–H and O–H groups in total. The van der Waals surface area contributed by atoms with Crippen LogP contribution in [0, 0.1) is 11.7 Å². The molecule has 3 atom stereocenters. The first-order valence-electron chi connectivity index (χ1n) is 7.89. The molecule has 118 valence electrons. The number of hydrogen-bond acceptors (Lipinski definition) is 3. The van der Waals surface area contributed by atoms with Gasteiger partial charge >= 0.3 is 0 Å². The lowest BCUT2D eigenvalue weighted by Gasteiger charge is -2.29. The second kappa shape index (κ2) is 7.76. The van der Waals surface area contributed by atoms with E-state index in [0.29, 0.717) is 11.7 Å².